The van der Waals surface area contributed by atoms with Gasteiger partial charge in [-0.2, -0.15) is 0 Å². The molecule has 0 fully saturated rings. The van der Waals surface area contributed by atoms with E-state index in [1.54, 1.807) is 6.08 Å². The smallest absolute Gasteiger partial charge is 0.326 e. The lowest BCUT2D eigenvalue weighted by Crippen LogP contribution is -2.52. The van der Waals surface area contributed by atoms with Crippen LogP contribution in [0.5, 0.6) is 0 Å². The van der Waals surface area contributed by atoms with Gasteiger partial charge in [0, 0.05) is 13.3 Å². The first-order valence-electron chi connectivity index (χ1n) is 7.39. The first-order chi connectivity index (χ1) is 10.9. The minimum Gasteiger partial charge on any atom is -0.480 e. The van der Waals surface area contributed by atoms with Crippen molar-refractivity contribution >= 4 is 17.8 Å². The summed E-state index contributed by atoms with van der Waals surface area (Å²) in [6.07, 6.45) is 2.61. The first kappa shape index (κ1) is 18.4. The average molecular weight is 318 g/mol. The second kappa shape index (κ2) is 9.40. The molecule has 0 heterocycles. The van der Waals surface area contributed by atoms with Crippen molar-refractivity contribution in [2.24, 2.45) is 0 Å². The fourth-order valence-corrected chi connectivity index (χ4v) is 2.12. The Labute approximate surface area is 135 Å². The van der Waals surface area contributed by atoms with Crippen LogP contribution in [0.25, 0.3) is 0 Å². The van der Waals surface area contributed by atoms with Crippen LogP contribution < -0.4 is 10.6 Å². The predicted molar refractivity (Wildman–Crippen MR) is 86.7 cm³/mol. The van der Waals surface area contributed by atoms with E-state index in [0.29, 0.717) is 12.8 Å². The molecule has 0 aliphatic rings. The van der Waals surface area contributed by atoms with Crippen LogP contribution in [0.15, 0.2) is 43.0 Å². The number of aliphatic carboxylic acids is 1. The molecule has 0 saturated carbocycles. The van der Waals surface area contributed by atoms with Gasteiger partial charge in [-0.1, -0.05) is 36.4 Å². The predicted octanol–water partition coefficient (Wildman–Crippen LogP) is 1.27. The highest BCUT2D eigenvalue weighted by Crippen LogP contribution is 2.05. The second-order valence-electron chi connectivity index (χ2n) is 5.21. The fraction of sp³-hybridized carbons (Fsp3) is 0.353. The lowest BCUT2D eigenvalue weighted by atomic mass is 10.0. The third kappa shape index (κ3) is 6.78. The summed E-state index contributed by atoms with van der Waals surface area (Å²) in [5, 5.41) is 14.2. The number of carboxylic acid groups (broad SMARTS) is 1. The minimum absolute atomic E-state index is 0.253. The summed E-state index contributed by atoms with van der Waals surface area (Å²) in [7, 11) is 0. The molecule has 1 rings (SSSR count). The molecule has 6 heteroatoms. The molecule has 2 atom stereocenters. The Balaban J connectivity index is 2.79. The number of carbonyl (C=O) groups is 3. The zero-order chi connectivity index (χ0) is 17.2. The molecule has 0 unspecified atom stereocenters. The number of carbonyl (C=O) groups excluding carboxylic acids is 2. The van der Waals surface area contributed by atoms with Crippen molar-refractivity contribution in [2.45, 2.75) is 38.3 Å². The Morgan fingerprint density at radius 3 is 2.35 bits per heavy atom. The zero-order valence-corrected chi connectivity index (χ0v) is 13.1. The molecule has 1 aromatic carbocycles. The van der Waals surface area contributed by atoms with Gasteiger partial charge in [0.25, 0.3) is 0 Å². The molecule has 1 aromatic rings. The van der Waals surface area contributed by atoms with Crippen LogP contribution >= 0.6 is 0 Å². The monoisotopic (exact) mass is 318 g/mol. The molecule has 2 amide bonds. The van der Waals surface area contributed by atoms with Crippen molar-refractivity contribution in [1.82, 2.24) is 10.6 Å². The summed E-state index contributed by atoms with van der Waals surface area (Å²) in [5.74, 6) is -1.97. The van der Waals surface area contributed by atoms with Gasteiger partial charge in [-0.15, -0.1) is 6.58 Å². The highest BCUT2D eigenvalue weighted by Gasteiger charge is 2.25. The van der Waals surface area contributed by atoms with E-state index in [9.17, 15) is 14.4 Å². The molecule has 3 N–H and O–H groups in total. The van der Waals surface area contributed by atoms with Crippen molar-refractivity contribution in [2.75, 3.05) is 0 Å². The van der Waals surface area contributed by atoms with E-state index >= 15 is 0 Å². The number of benzene rings is 1. The second-order valence-corrected chi connectivity index (χ2v) is 5.21. The average Bonchev–Trinajstić information content (AvgIpc) is 2.50. The van der Waals surface area contributed by atoms with Crippen LogP contribution in [-0.4, -0.2) is 35.0 Å². The first-order valence-corrected chi connectivity index (χ1v) is 7.39. The van der Waals surface area contributed by atoms with E-state index in [1.165, 1.54) is 6.92 Å². The third-order valence-electron chi connectivity index (χ3n) is 3.25. The van der Waals surface area contributed by atoms with Crippen LogP contribution in [-0.2, 0) is 20.8 Å². The molecule has 124 valence electrons. The maximum atomic E-state index is 12.3. The number of hydrogen-bond donors (Lipinski definition) is 3. The van der Waals surface area contributed by atoms with Crippen LogP contribution in [0.3, 0.4) is 0 Å². The molecule has 0 aliphatic carbocycles. The highest BCUT2D eigenvalue weighted by molar-refractivity contribution is 5.90. The van der Waals surface area contributed by atoms with Crippen molar-refractivity contribution in [3.8, 4) is 0 Å². The van der Waals surface area contributed by atoms with Gasteiger partial charge in [-0.25, -0.2) is 4.79 Å². The molecule has 0 spiro atoms. The Kier molecular flexibility index (Phi) is 7.53. The maximum Gasteiger partial charge on any atom is 0.326 e. The Morgan fingerprint density at radius 1 is 1.17 bits per heavy atom. The molecule has 23 heavy (non-hydrogen) atoms. The SMILES string of the molecule is C=CCC[C@H](NC(=O)[C@@H](Cc1ccccc1)NC(C)=O)C(=O)O. The topological polar surface area (TPSA) is 95.5 Å². The molecule has 0 radical (unpaired) electrons. The van der Waals surface area contributed by atoms with Crippen LogP contribution in [0, 0.1) is 0 Å². The Bertz CT molecular complexity index is 557. The zero-order valence-electron chi connectivity index (χ0n) is 13.1. The van der Waals surface area contributed by atoms with Crippen molar-refractivity contribution in [3.05, 3.63) is 48.6 Å². The number of rotatable bonds is 9. The van der Waals surface area contributed by atoms with Gasteiger partial charge < -0.3 is 15.7 Å². The number of hydrogen-bond acceptors (Lipinski definition) is 3. The van der Waals surface area contributed by atoms with Gasteiger partial charge in [0.1, 0.15) is 12.1 Å². The van der Waals surface area contributed by atoms with Crippen LogP contribution in [0.2, 0.25) is 0 Å². The van der Waals surface area contributed by atoms with E-state index in [2.05, 4.69) is 17.2 Å². The van der Waals surface area contributed by atoms with Gasteiger partial charge in [0.2, 0.25) is 11.8 Å². The highest BCUT2D eigenvalue weighted by atomic mass is 16.4. The lowest BCUT2D eigenvalue weighted by molar-refractivity contribution is -0.142. The van der Waals surface area contributed by atoms with Gasteiger partial charge >= 0.3 is 5.97 Å². The fourth-order valence-electron chi connectivity index (χ4n) is 2.12. The number of carboxylic acids is 1. The molecule has 0 aromatic heterocycles. The minimum atomic E-state index is -1.11. The summed E-state index contributed by atoms with van der Waals surface area (Å²) in [6.45, 7) is 4.86. The van der Waals surface area contributed by atoms with E-state index < -0.39 is 24.0 Å². The normalized spacial score (nSPS) is 12.7. The van der Waals surface area contributed by atoms with E-state index in [-0.39, 0.29) is 12.3 Å². The van der Waals surface area contributed by atoms with E-state index in [0.717, 1.165) is 5.56 Å². The summed E-state index contributed by atoms with van der Waals surface area (Å²) >= 11 is 0. The quantitative estimate of drug-likeness (QED) is 0.598. The molecule has 0 bridgehead atoms. The lowest BCUT2D eigenvalue weighted by Gasteiger charge is -2.21. The van der Waals surface area contributed by atoms with Crippen molar-refractivity contribution < 1.29 is 19.5 Å². The van der Waals surface area contributed by atoms with Gasteiger partial charge in [0.05, 0.1) is 0 Å². The van der Waals surface area contributed by atoms with Gasteiger partial charge in [0.15, 0.2) is 0 Å². The van der Waals surface area contributed by atoms with Gasteiger partial charge in [-0.05, 0) is 18.4 Å². The molecule has 0 aliphatic heterocycles. The van der Waals surface area contributed by atoms with Crippen molar-refractivity contribution in [3.63, 3.8) is 0 Å². The maximum absolute atomic E-state index is 12.3. The van der Waals surface area contributed by atoms with E-state index in [1.807, 2.05) is 30.3 Å². The van der Waals surface area contributed by atoms with Crippen molar-refractivity contribution in [1.29, 1.82) is 0 Å². The molecule has 0 saturated heterocycles. The summed E-state index contributed by atoms with van der Waals surface area (Å²) in [6, 6.07) is 7.38. The largest absolute Gasteiger partial charge is 0.480 e. The summed E-state index contributed by atoms with van der Waals surface area (Å²) in [4.78, 5) is 34.9. The number of nitrogens with one attached hydrogen (secondary N) is 2. The van der Waals surface area contributed by atoms with E-state index in [4.69, 9.17) is 5.11 Å². The summed E-state index contributed by atoms with van der Waals surface area (Å²) in [5.41, 5.74) is 0.874. The standard InChI is InChI=1S/C17H22N2O4/c1-3-4-10-14(17(22)23)19-16(21)15(18-12(2)20)11-13-8-6-5-7-9-13/h3,5-9,14-15H,1,4,10-11H2,2H3,(H,18,20)(H,19,21)(H,22,23)/t14-,15+/m0/s1. The molecular weight excluding hydrogens is 296 g/mol. The molecule has 6 nitrogen and oxygen atoms in total. The van der Waals surface area contributed by atoms with Crippen LogP contribution in [0.1, 0.15) is 25.3 Å². The van der Waals surface area contributed by atoms with Gasteiger partial charge in [-0.3, -0.25) is 9.59 Å². The molecular formula is C17H22N2O4. The number of amides is 2. The summed E-state index contributed by atoms with van der Waals surface area (Å²) < 4.78 is 0. The third-order valence-corrected chi connectivity index (χ3v) is 3.25. The number of allylic oxidation sites excluding steroid dienone is 1. The Hall–Kier alpha value is -2.63. The Morgan fingerprint density at radius 2 is 1.83 bits per heavy atom. The van der Waals surface area contributed by atoms with Crippen LogP contribution in [0.4, 0.5) is 0 Å².